The number of benzene rings is 3. The van der Waals surface area contributed by atoms with Crippen LogP contribution in [0, 0.1) is 0 Å². The molecule has 194 valence electrons. The molecular formula is C30H28N2O6. The molecule has 0 saturated carbocycles. The maximum atomic E-state index is 12.9. The first-order valence-electron chi connectivity index (χ1n) is 12.3. The Morgan fingerprint density at radius 2 is 1.76 bits per heavy atom. The predicted molar refractivity (Wildman–Crippen MR) is 145 cm³/mol. The summed E-state index contributed by atoms with van der Waals surface area (Å²) in [5, 5.41) is 3.36. The molecule has 0 saturated heterocycles. The molecule has 0 radical (unpaired) electrons. The Hall–Kier alpha value is -4.59. The Labute approximate surface area is 219 Å². The van der Waals surface area contributed by atoms with Crippen molar-refractivity contribution in [2.45, 2.75) is 26.2 Å². The third-order valence-corrected chi connectivity index (χ3v) is 6.35. The lowest BCUT2D eigenvalue weighted by molar-refractivity contribution is -0.121. The maximum Gasteiger partial charge on any atom is 0.349 e. The number of carbonyl (C=O) groups is 2. The predicted octanol–water partition coefficient (Wildman–Crippen LogP) is 5.15. The molecule has 1 N–H and O–H groups in total. The summed E-state index contributed by atoms with van der Waals surface area (Å²) in [4.78, 5) is 39.5. The molecule has 0 fully saturated rings. The first-order valence-corrected chi connectivity index (χ1v) is 12.3. The third kappa shape index (κ3) is 5.25. The van der Waals surface area contributed by atoms with Crippen molar-refractivity contribution < 1.29 is 23.5 Å². The summed E-state index contributed by atoms with van der Waals surface area (Å²) >= 11 is 0. The molecule has 1 aliphatic heterocycles. The Morgan fingerprint density at radius 3 is 2.53 bits per heavy atom. The first kappa shape index (κ1) is 25.1. The van der Waals surface area contributed by atoms with Crippen molar-refractivity contribution in [3.63, 3.8) is 0 Å². The van der Waals surface area contributed by atoms with E-state index in [4.69, 9.17) is 13.9 Å². The van der Waals surface area contributed by atoms with Gasteiger partial charge in [-0.3, -0.25) is 9.59 Å². The van der Waals surface area contributed by atoms with Crippen LogP contribution >= 0.6 is 0 Å². The Kier molecular flexibility index (Phi) is 6.63. The molecule has 5 rings (SSSR count). The minimum atomic E-state index is -0.730. The Bertz CT molecular complexity index is 1570. The zero-order valence-corrected chi connectivity index (χ0v) is 21.4. The van der Waals surface area contributed by atoms with E-state index in [-0.39, 0.29) is 30.1 Å². The number of nitrogens with one attached hydrogen (secondary N) is 1. The molecule has 0 unspecified atom stereocenters. The number of para-hydroxylation sites is 1. The molecule has 3 aromatic carbocycles. The zero-order valence-electron chi connectivity index (χ0n) is 21.4. The molecule has 4 aromatic rings. The smallest absolute Gasteiger partial charge is 0.349 e. The van der Waals surface area contributed by atoms with E-state index < -0.39 is 11.5 Å². The van der Waals surface area contributed by atoms with Gasteiger partial charge in [-0.1, -0.05) is 51.1 Å². The van der Waals surface area contributed by atoms with Crippen molar-refractivity contribution in [1.29, 1.82) is 0 Å². The van der Waals surface area contributed by atoms with Gasteiger partial charge in [-0.05, 0) is 53.4 Å². The van der Waals surface area contributed by atoms with Gasteiger partial charge in [-0.15, -0.1) is 0 Å². The van der Waals surface area contributed by atoms with E-state index in [1.807, 2.05) is 24.3 Å². The van der Waals surface area contributed by atoms with Gasteiger partial charge in [0.15, 0.2) is 6.61 Å². The van der Waals surface area contributed by atoms with Crippen LogP contribution < -0.4 is 25.3 Å². The molecule has 8 nitrogen and oxygen atoms in total. The maximum absolute atomic E-state index is 12.9. The van der Waals surface area contributed by atoms with Crippen LogP contribution in [0.15, 0.2) is 82.0 Å². The number of ether oxygens (including phenoxy) is 2. The summed E-state index contributed by atoms with van der Waals surface area (Å²) < 4.78 is 16.7. The largest absolute Gasteiger partial charge is 0.492 e. The van der Waals surface area contributed by atoms with Crippen molar-refractivity contribution in [2.75, 3.05) is 30.0 Å². The van der Waals surface area contributed by atoms with Gasteiger partial charge in [-0.2, -0.15) is 0 Å². The molecular weight excluding hydrogens is 484 g/mol. The van der Waals surface area contributed by atoms with Gasteiger partial charge >= 0.3 is 5.63 Å². The fourth-order valence-corrected chi connectivity index (χ4v) is 4.25. The van der Waals surface area contributed by atoms with Crippen molar-refractivity contribution in [2.24, 2.45) is 0 Å². The average molecular weight is 513 g/mol. The van der Waals surface area contributed by atoms with E-state index in [1.54, 1.807) is 47.4 Å². The third-order valence-electron chi connectivity index (χ3n) is 6.35. The molecule has 1 aliphatic rings. The van der Waals surface area contributed by atoms with Crippen LogP contribution in [-0.4, -0.2) is 31.6 Å². The van der Waals surface area contributed by atoms with Crippen LogP contribution in [0.4, 0.5) is 11.4 Å². The van der Waals surface area contributed by atoms with E-state index in [0.717, 1.165) is 0 Å². The van der Waals surface area contributed by atoms with Gasteiger partial charge in [0.2, 0.25) is 0 Å². The van der Waals surface area contributed by atoms with Crippen molar-refractivity contribution in [1.82, 2.24) is 0 Å². The number of nitrogens with zero attached hydrogens (tertiary/aromatic N) is 1. The van der Waals surface area contributed by atoms with Crippen molar-refractivity contribution in [3.8, 4) is 11.5 Å². The minimum Gasteiger partial charge on any atom is -0.492 e. The molecule has 38 heavy (non-hydrogen) atoms. The molecule has 8 heteroatoms. The highest BCUT2D eigenvalue weighted by atomic mass is 16.5. The number of hydrogen-bond acceptors (Lipinski definition) is 6. The SMILES string of the molecule is CC(C)(C)c1ccc(OCCN2C(=O)COc3ccc(NC(=O)c4cc5ccccc5oc4=O)cc32)cc1. The van der Waals surface area contributed by atoms with Gasteiger partial charge in [0, 0.05) is 11.1 Å². The molecule has 0 aliphatic carbocycles. The van der Waals surface area contributed by atoms with E-state index in [0.29, 0.717) is 40.4 Å². The van der Waals surface area contributed by atoms with Crippen LogP contribution in [0.2, 0.25) is 0 Å². The fourth-order valence-electron chi connectivity index (χ4n) is 4.25. The van der Waals surface area contributed by atoms with Crippen LogP contribution in [0.5, 0.6) is 11.5 Å². The highest BCUT2D eigenvalue weighted by molar-refractivity contribution is 6.06. The first-order chi connectivity index (χ1) is 18.2. The normalized spacial score (nSPS) is 13.1. The number of rotatable bonds is 6. The quantitative estimate of drug-likeness (QED) is 0.359. The summed E-state index contributed by atoms with van der Waals surface area (Å²) in [5.74, 6) is 0.403. The summed E-state index contributed by atoms with van der Waals surface area (Å²) in [6, 6.07) is 21.4. The molecule has 0 bridgehead atoms. The van der Waals surface area contributed by atoms with Gasteiger partial charge in [0.05, 0.1) is 12.2 Å². The lowest BCUT2D eigenvalue weighted by Gasteiger charge is -2.29. The van der Waals surface area contributed by atoms with Crippen molar-refractivity contribution >= 4 is 34.2 Å². The van der Waals surface area contributed by atoms with Crippen LogP contribution in [0.1, 0.15) is 36.7 Å². The van der Waals surface area contributed by atoms with Crippen LogP contribution in [-0.2, 0) is 10.2 Å². The number of hydrogen-bond donors (Lipinski definition) is 1. The molecule has 2 heterocycles. The summed E-state index contributed by atoms with van der Waals surface area (Å²) in [6.07, 6.45) is 0. The van der Waals surface area contributed by atoms with E-state index >= 15 is 0 Å². The van der Waals surface area contributed by atoms with Crippen molar-refractivity contribution in [3.05, 3.63) is 94.3 Å². The summed E-state index contributed by atoms with van der Waals surface area (Å²) in [7, 11) is 0. The average Bonchev–Trinajstić information content (AvgIpc) is 2.89. The standard InChI is InChI=1S/C30H28N2O6/c1-30(2,3)20-8-11-22(12-9-20)36-15-14-32-24-17-21(10-13-26(24)37-18-27(32)33)31-28(34)23-16-19-6-4-5-7-25(19)38-29(23)35/h4-13,16-17H,14-15,18H2,1-3H3,(H,31,34). The van der Waals surface area contributed by atoms with Gasteiger partial charge in [-0.25, -0.2) is 4.79 Å². The number of carbonyl (C=O) groups excluding carboxylic acids is 2. The highest BCUT2D eigenvalue weighted by Gasteiger charge is 2.26. The fraction of sp³-hybridized carbons (Fsp3) is 0.233. The lowest BCUT2D eigenvalue weighted by atomic mass is 9.87. The molecule has 2 amide bonds. The number of fused-ring (bicyclic) bond motifs is 2. The lowest BCUT2D eigenvalue weighted by Crippen LogP contribution is -2.41. The topological polar surface area (TPSA) is 98.1 Å². The monoisotopic (exact) mass is 512 g/mol. The van der Waals surface area contributed by atoms with E-state index in [2.05, 4.69) is 26.1 Å². The zero-order chi connectivity index (χ0) is 26.9. The summed E-state index contributed by atoms with van der Waals surface area (Å²) in [5.41, 5.74) is 1.73. The van der Waals surface area contributed by atoms with E-state index in [9.17, 15) is 14.4 Å². The molecule has 0 spiro atoms. The van der Waals surface area contributed by atoms with Gasteiger partial charge < -0.3 is 24.1 Å². The van der Waals surface area contributed by atoms with Gasteiger partial charge in [0.25, 0.3) is 11.8 Å². The van der Waals surface area contributed by atoms with Crippen LogP contribution in [0.3, 0.4) is 0 Å². The van der Waals surface area contributed by atoms with Crippen LogP contribution in [0.25, 0.3) is 11.0 Å². The second-order valence-electron chi connectivity index (χ2n) is 10.1. The van der Waals surface area contributed by atoms with E-state index in [1.165, 1.54) is 11.6 Å². The molecule has 0 atom stereocenters. The molecule has 1 aromatic heterocycles. The second-order valence-corrected chi connectivity index (χ2v) is 10.1. The minimum absolute atomic E-state index is 0.0495. The summed E-state index contributed by atoms with van der Waals surface area (Å²) in [6.45, 7) is 6.93. The number of amides is 2. The number of anilines is 2. The van der Waals surface area contributed by atoms with Gasteiger partial charge in [0.1, 0.15) is 29.3 Å². The highest BCUT2D eigenvalue weighted by Crippen LogP contribution is 2.34. The Balaban J connectivity index is 1.30. The second kappa shape index (κ2) is 10.0. The Morgan fingerprint density at radius 1 is 1.00 bits per heavy atom.